The maximum Gasteiger partial charge on any atom is 0.408 e. The first kappa shape index (κ1) is 17.9. The SMILES string of the molecule is C=CCCCC1=C(C)CSC2C(NC(=O)OC(C)(C)C)C(=O)N12. The lowest BCUT2D eigenvalue weighted by Crippen LogP contribution is -2.70. The Labute approximate surface area is 142 Å². The molecule has 0 aromatic rings. The first-order valence-electron chi connectivity index (χ1n) is 7.98. The van der Waals surface area contributed by atoms with Crippen molar-refractivity contribution in [1.29, 1.82) is 0 Å². The van der Waals surface area contributed by atoms with E-state index < -0.39 is 17.7 Å². The van der Waals surface area contributed by atoms with Gasteiger partial charge in [-0.3, -0.25) is 9.69 Å². The third-order valence-electron chi connectivity index (χ3n) is 3.79. The van der Waals surface area contributed by atoms with Gasteiger partial charge in [0.1, 0.15) is 17.0 Å². The number of ether oxygens (including phenoxy) is 1. The summed E-state index contributed by atoms with van der Waals surface area (Å²) in [6.07, 6.45) is 4.17. The Kier molecular flexibility index (Phi) is 5.45. The standard InChI is InChI=1S/C17H26N2O3S/c1-6-7-8-9-12-11(2)10-23-15-13(14(20)19(12)15)18-16(21)22-17(3,4)5/h6,13,15H,1,7-10H2,2-5H3,(H,18,21). The van der Waals surface area contributed by atoms with Crippen LogP contribution in [-0.4, -0.2) is 39.7 Å². The van der Waals surface area contributed by atoms with Crippen LogP contribution in [-0.2, 0) is 9.53 Å². The van der Waals surface area contributed by atoms with Crippen LogP contribution in [0.5, 0.6) is 0 Å². The first-order valence-corrected chi connectivity index (χ1v) is 9.03. The zero-order chi connectivity index (χ0) is 17.2. The molecule has 2 amide bonds. The van der Waals surface area contributed by atoms with Crippen LogP contribution >= 0.6 is 11.8 Å². The first-order chi connectivity index (χ1) is 10.7. The Hall–Kier alpha value is -1.43. The van der Waals surface area contributed by atoms with Crippen molar-refractivity contribution in [1.82, 2.24) is 10.2 Å². The lowest BCUT2D eigenvalue weighted by molar-refractivity contribution is -0.143. The third-order valence-corrected chi connectivity index (χ3v) is 5.22. The molecule has 2 heterocycles. The summed E-state index contributed by atoms with van der Waals surface area (Å²) in [6, 6.07) is -0.489. The number of amides is 2. The minimum atomic E-state index is -0.567. The molecule has 0 aromatic carbocycles. The highest BCUT2D eigenvalue weighted by Gasteiger charge is 2.52. The summed E-state index contributed by atoms with van der Waals surface area (Å²) in [6.45, 7) is 11.2. The summed E-state index contributed by atoms with van der Waals surface area (Å²) in [5, 5.41) is 2.70. The van der Waals surface area contributed by atoms with E-state index >= 15 is 0 Å². The third kappa shape index (κ3) is 4.10. The smallest absolute Gasteiger partial charge is 0.408 e. The topological polar surface area (TPSA) is 58.6 Å². The maximum atomic E-state index is 12.5. The van der Waals surface area contributed by atoms with E-state index in [0.29, 0.717) is 0 Å². The number of hydrogen-bond acceptors (Lipinski definition) is 4. The highest BCUT2D eigenvalue weighted by molar-refractivity contribution is 8.00. The number of hydrogen-bond donors (Lipinski definition) is 1. The van der Waals surface area contributed by atoms with Gasteiger partial charge in [-0.05, 0) is 52.5 Å². The van der Waals surface area contributed by atoms with Gasteiger partial charge in [0.15, 0.2) is 0 Å². The largest absolute Gasteiger partial charge is 0.444 e. The van der Waals surface area contributed by atoms with Gasteiger partial charge >= 0.3 is 6.09 Å². The molecule has 0 aromatic heterocycles. The van der Waals surface area contributed by atoms with Gasteiger partial charge in [-0.25, -0.2) is 4.79 Å². The van der Waals surface area contributed by atoms with Gasteiger partial charge in [-0.1, -0.05) is 6.08 Å². The van der Waals surface area contributed by atoms with Crippen LogP contribution in [0.4, 0.5) is 4.79 Å². The van der Waals surface area contributed by atoms with E-state index in [-0.39, 0.29) is 11.3 Å². The molecule has 1 N–H and O–H groups in total. The minimum Gasteiger partial charge on any atom is -0.444 e. The fourth-order valence-electron chi connectivity index (χ4n) is 2.74. The molecule has 0 spiro atoms. The van der Waals surface area contributed by atoms with Gasteiger partial charge in [-0.15, -0.1) is 18.3 Å². The number of nitrogens with zero attached hydrogens (tertiary/aromatic N) is 1. The molecule has 2 unspecified atom stereocenters. The van der Waals surface area contributed by atoms with E-state index in [4.69, 9.17) is 4.74 Å². The Balaban J connectivity index is 1.99. The number of unbranched alkanes of at least 4 members (excludes halogenated alkanes) is 1. The second kappa shape index (κ2) is 6.99. The molecule has 1 fully saturated rings. The van der Waals surface area contributed by atoms with Gasteiger partial charge in [0, 0.05) is 11.4 Å². The predicted octanol–water partition coefficient (Wildman–Crippen LogP) is 3.43. The van der Waals surface area contributed by atoms with Gasteiger partial charge in [-0.2, -0.15) is 0 Å². The zero-order valence-electron chi connectivity index (χ0n) is 14.3. The van der Waals surface area contributed by atoms with E-state index in [2.05, 4.69) is 18.8 Å². The van der Waals surface area contributed by atoms with Crippen molar-refractivity contribution >= 4 is 23.8 Å². The van der Waals surface area contributed by atoms with Gasteiger partial charge in [0.25, 0.3) is 5.91 Å². The molecule has 23 heavy (non-hydrogen) atoms. The van der Waals surface area contributed by atoms with Crippen molar-refractivity contribution in [2.24, 2.45) is 0 Å². The highest BCUT2D eigenvalue weighted by atomic mass is 32.2. The summed E-state index contributed by atoms with van der Waals surface area (Å²) in [5.41, 5.74) is 1.80. The molecule has 2 aliphatic rings. The highest BCUT2D eigenvalue weighted by Crippen LogP contribution is 2.41. The average molecular weight is 338 g/mol. The van der Waals surface area contributed by atoms with Crippen LogP contribution in [0.2, 0.25) is 0 Å². The van der Waals surface area contributed by atoms with Crippen LogP contribution in [0.3, 0.4) is 0 Å². The summed E-state index contributed by atoms with van der Waals surface area (Å²) in [7, 11) is 0. The van der Waals surface area contributed by atoms with Crippen molar-refractivity contribution in [3.05, 3.63) is 23.9 Å². The molecule has 2 atom stereocenters. The second-order valence-corrected chi connectivity index (χ2v) is 8.05. The van der Waals surface area contributed by atoms with E-state index in [9.17, 15) is 9.59 Å². The summed E-state index contributed by atoms with van der Waals surface area (Å²) >= 11 is 1.69. The number of nitrogens with one attached hydrogen (secondary N) is 1. The van der Waals surface area contributed by atoms with E-state index in [1.165, 1.54) is 5.57 Å². The number of fused-ring (bicyclic) bond motifs is 1. The van der Waals surface area contributed by atoms with Crippen LogP contribution in [0.15, 0.2) is 23.9 Å². The zero-order valence-corrected chi connectivity index (χ0v) is 15.2. The van der Waals surface area contributed by atoms with Crippen LogP contribution in [0, 0.1) is 0 Å². The van der Waals surface area contributed by atoms with Gasteiger partial charge in [0.05, 0.1) is 0 Å². The molecule has 0 saturated carbocycles. The van der Waals surface area contributed by atoms with Crippen LogP contribution in [0.25, 0.3) is 0 Å². The van der Waals surface area contributed by atoms with E-state index in [0.717, 1.165) is 30.7 Å². The number of allylic oxidation sites excluding steroid dienone is 2. The number of alkyl carbamates (subject to hydrolysis) is 1. The Morgan fingerprint density at radius 3 is 2.83 bits per heavy atom. The summed E-state index contributed by atoms with van der Waals surface area (Å²) < 4.78 is 5.25. The number of thioether (sulfide) groups is 1. The molecular formula is C17H26N2O3S. The van der Waals surface area contributed by atoms with Crippen molar-refractivity contribution in [2.45, 2.75) is 64.0 Å². The van der Waals surface area contributed by atoms with E-state index in [1.807, 2.05) is 11.0 Å². The average Bonchev–Trinajstić information content (AvgIpc) is 2.44. The van der Waals surface area contributed by atoms with Gasteiger partial charge in [0.2, 0.25) is 0 Å². The molecule has 2 aliphatic heterocycles. The molecule has 128 valence electrons. The molecule has 0 radical (unpaired) electrons. The van der Waals surface area contributed by atoms with Crippen molar-refractivity contribution < 1.29 is 14.3 Å². The number of β-lactam (4-membered cyclic amide) rings is 1. The Morgan fingerprint density at radius 2 is 2.22 bits per heavy atom. The monoisotopic (exact) mass is 338 g/mol. The van der Waals surface area contributed by atoms with Crippen molar-refractivity contribution in [2.75, 3.05) is 5.75 Å². The van der Waals surface area contributed by atoms with E-state index in [1.54, 1.807) is 32.5 Å². The molecule has 0 aliphatic carbocycles. The fourth-order valence-corrected chi connectivity index (χ4v) is 4.08. The maximum absolute atomic E-state index is 12.5. The molecule has 2 rings (SSSR count). The van der Waals surface area contributed by atoms with Crippen molar-refractivity contribution in [3.8, 4) is 0 Å². The lowest BCUT2D eigenvalue weighted by atomic mass is 10.0. The lowest BCUT2D eigenvalue weighted by Gasteiger charge is -2.50. The Morgan fingerprint density at radius 1 is 1.52 bits per heavy atom. The number of carbonyl (C=O) groups is 2. The molecule has 5 nitrogen and oxygen atoms in total. The summed E-state index contributed by atoms with van der Waals surface area (Å²) in [5.74, 6) is 0.852. The quantitative estimate of drug-likeness (QED) is 0.474. The predicted molar refractivity (Wildman–Crippen MR) is 93.0 cm³/mol. The van der Waals surface area contributed by atoms with Crippen LogP contribution in [0.1, 0.15) is 47.0 Å². The number of rotatable bonds is 5. The molecule has 0 bridgehead atoms. The number of carbonyl (C=O) groups excluding carboxylic acids is 2. The molecular weight excluding hydrogens is 312 g/mol. The fraction of sp³-hybridized carbons (Fsp3) is 0.647. The second-order valence-electron chi connectivity index (χ2n) is 6.94. The molecule has 1 saturated heterocycles. The normalized spacial score (nSPS) is 24.0. The van der Waals surface area contributed by atoms with Crippen molar-refractivity contribution in [3.63, 3.8) is 0 Å². The molecule has 6 heteroatoms. The minimum absolute atomic E-state index is 0.0163. The Bertz CT molecular complexity index is 536. The van der Waals surface area contributed by atoms with Crippen LogP contribution < -0.4 is 5.32 Å². The van der Waals surface area contributed by atoms with Gasteiger partial charge < -0.3 is 10.1 Å². The summed E-state index contributed by atoms with van der Waals surface area (Å²) in [4.78, 5) is 26.2.